The highest BCUT2D eigenvalue weighted by Crippen LogP contribution is 2.23. The third-order valence-corrected chi connectivity index (χ3v) is 5.58. The average molecular weight is 317 g/mol. The van der Waals surface area contributed by atoms with Gasteiger partial charge < -0.3 is 9.84 Å². The van der Waals surface area contributed by atoms with Gasteiger partial charge in [0.05, 0.1) is 6.61 Å². The summed E-state index contributed by atoms with van der Waals surface area (Å²) in [5, 5.41) is 8.94. The summed E-state index contributed by atoms with van der Waals surface area (Å²) < 4.78 is 45.2. The molecule has 1 heterocycles. The molecule has 1 N–H and O–H groups in total. The van der Waals surface area contributed by atoms with Crippen molar-refractivity contribution < 1.29 is 22.7 Å². The van der Waals surface area contributed by atoms with Crippen LogP contribution in [0.3, 0.4) is 0 Å². The molecule has 0 atom stereocenters. The van der Waals surface area contributed by atoms with Crippen LogP contribution in [0.15, 0.2) is 23.1 Å². The molecule has 0 bridgehead atoms. The molecule has 0 aromatic heterocycles. The van der Waals surface area contributed by atoms with E-state index in [9.17, 15) is 12.8 Å². The van der Waals surface area contributed by atoms with Gasteiger partial charge in [-0.15, -0.1) is 0 Å². The van der Waals surface area contributed by atoms with Gasteiger partial charge in [-0.3, -0.25) is 0 Å². The fourth-order valence-corrected chi connectivity index (χ4v) is 3.70. The van der Waals surface area contributed by atoms with Crippen LogP contribution in [0, 0.1) is 11.7 Å². The molecule has 0 aliphatic carbocycles. The molecular formula is C14H20FNO4S. The Kier molecular flexibility index (Phi) is 5.32. The Morgan fingerprint density at radius 1 is 1.38 bits per heavy atom. The second-order valence-electron chi connectivity index (χ2n) is 5.26. The number of hydrogen-bond acceptors (Lipinski definition) is 4. The fraction of sp³-hybridized carbons (Fsp3) is 0.571. The van der Waals surface area contributed by atoms with Gasteiger partial charge in [0.15, 0.2) is 0 Å². The van der Waals surface area contributed by atoms with Gasteiger partial charge in [-0.25, -0.2) is 17.1 Å². The number of halogens is 1. The Morgan fingerprint density at radius 3 is 2.62 bits per heavy atom. The molecule has 1 saturated heterocycles. The molecule has 1 aliphatic rings. The Labute approximate surface area is 124 Å². The molecule has 0 saturated carbocycles. The standard InChI is InChI=1S/C14H20FNO4S/c1-16(9-11-4-6-20-7-5-11)21(18,19)14-3-2-12(10-17)8-13(14)15/h2-3,8,11,17H,4-7,9-10H2,1H3. The van der Waals surface area contributed by atoms with Crippen LogP contribution in [0.2, 0.25) is 0 Å². The van der Waals surface area contributed by atoms with Gasteiger partial charge in [0, 0.05) is 26.8 Å². The predicted molar refractivity (Wildman–Crippen MR) is 75.7 cm³/mol. The largest absolute Gasteiger partial charge is 0.392 e. The van der Waals surface area contributed by atoms with Crippen LogP contribution in [-0.4, -0.2) is 44.6 Å². The Hall–Kier alpha value is -1.02. The first-order chi connectivity index (χ1) is 9.95. The van der Waals surface area contributed by atoms with Crippen molar-refractivity contribution in [1.29, 1.82) is 0 Å². The third-order valence-electron chi connectivity index (χ3n) is 3.72. The summed E-state index contributed by atoms with van der Waals surface area (Å²) in [6.45, 7) is 1.30. The molecule has 2 rings (SSSR count). The first-order valence-corrected chi connectivity index (χ1v) is 8.32. The SMILES string of the molecule is CN(CC1CCOCC1)S(=O)(=O)c1ccc(CO)cc1F. The molecule has 0 radical (unpaired) electrons. The molecule has 21 heavy (non-hydrogen) atoms. The van der Waals surface area contributed by atoms with E-state index in [4.69, 9.17) is 9.84 Å². The van der Waals surface area contributed by atoms with Crippen LogP contribution < -0.4 is 0 Å². The fourth-order valence-electron chi connectivity index (χ4n) is 2.41. The predicted octanol–water partition coefficient (Wildman–Crippen LogP) is 1.37. The molecule has 1 aromatic rings. The molecule has 7 heteroatoms. The van der Waals surface area contributed by atoms with E-state index in [0.29, 0.717) is 25.3 Å². The van der Waals surface area contributed by atoms with Crippen LogP contribution in [0.4, 0.5) is 4.39 Å². The van der Waals surface area contributed by atoms with E-state index < -0.39 is 15.8 Å². The zero-order valence-corrected chi connectivity index (χ0v) is 12.8. The summed E-state index contributed by atoms with van der Waals surface area (Å²) >= 11 is 0. The molecule has 5 nitrogen and oxygen atoms in total. The van der Waals surface area contributed by atoms with Gasteiger partial charge >= 0.3 is 0 Å². The molecule has 0 spiro atoms. The highest BCUT2D eigenvalue weighted by atomic mass is 32.2. The smallest absolute Gasteiger partial charge is 0.245 e. The lowest BCUT2D eigenvalue weighted by Crippen LogP contribution is -2.34. The molecule has 1 aliphatic heterocycles. The summed E-state index contributed by atoms with van der Waals surface area (Å²) in [4.78, 5) is -0.353. The van der Waals surface area contributed by atoms with Gasteiger partial charge in [-0.05, 0) is 36.5 Å². The van der Waals surface area contributed by atoms with E-state index in [-0.39, 0.29) is 17.4 Å². The van der Waals surface area contributed by atoms with Crippen LogP contribution in [0.25, 0.3) is 0 Å². The Bertz CT molecular complexity index is 585. The first-order valence-electron chi connectivity index (χ1n) is 6.88. The number of benzene rings is 1. The van der Waals surface area contributed by atoms with E-state index >= 15 is 0 Å². The van der Waals surface area contributed by atoms with Crippen LogP contribution >= 0.6 is 0 Å². The van der Waals surface area contributed by atoms with Crippen molar-refractivity contribution in [1.82, 2.24) is 4.31 Å². The second kappa shape index (κ2) is 6.83. The normalized spacial score (nSPS) is 17.3. The summed E-state index contributed by atoms with van der Waals surface area (Å²) in [5.74, 6) is -0.598. The van der Waals surface area contributed by atoms with Gasteiger partial charge in [0.25, 0.3) is 0 Å². The minimum atomic E-state index is -3.86. The van der Waals surface area contributed by atoms with E-state index in [1.165, 1.54) is 23.5 Å². The van der Waals surface area contributed by atoms with Gasteiger partial charge in [0.2, 0.25) is 10.0 Å². The summed E-state index contributed by atoms with van der Waals surface area (Å²) in [7, 11) is -2.40. The van der Waals surface area contributed by atoms with Crippen molar-refractivity contribution in [3.05, 3.63) is 29.6 Å². The average Bonchev–Trinajstić information content (AvgIpc) is 2.47. The number of rotatable bonds is 5. The quantitative estimate of drug-likeness (QED) is 0.890. The van der Waals surface area contributed by atoms with E-state index in [1.807, 2.05) is 0 Å². The number of ether oxygens (including phenoxy) is 1. The van der Waals surface area contributed by atoms with E-state index in [0.717, 1.165) is 18.9 Å². The topological polar surface area (TPSA) is 66.8 Å². The maximum absolute atomic E-state index is 13.9. The minimum Gasteiger partial charge on any atom is -0.392 e. The lowest BCUT2D eigenvalue weighted by Gasteiger charge is -2.26. The first kappa shape index (κ1) is 16.4. The Balaban J connectivity index is 2.16. The summed E-state index contributed by atoms with van der Waals surface area (Å²) in [6, 6.07) is 3.67. The van der Waals surface area contributed by atoms with Crippen molar-refractivity contribution in [2.75, 3.05) is 26.8 Å². The molecule has 0 amide bonds. The van der Waals surface area contributed by atoms with Crippen LogP contribution in [-0.2, 0) is 21.4 Å². The van der Waals surface area contributed by atoms with Gasteiger partial charge in [-0.2, -0.15) is 0 Å². The zero-order valence-electron chi connectivity index (χ0n) is 12.0. The van der Waals surface area contributed by atoms with Gasteiger partial charge in [-0.1, -0.05) is 6.07 Å². The number of hydrogen-bond donors (Lipinski definition) is 1. The highest BCUT2D eigenvalue weighted by molar-refractivity contribution is 7.89. The summed E-state index contributed by atoms with van der Waals surface area (Å²) in [5.41, 5.74) is 0.346. The Morgan fingerprint density at radius 2 is 2.05 bits per heavy atom. The molecule has 0 unspecified atom stereocenters. The number of aliphatic hydroxyl groups excluding tert-OH is 1. The van der Waals surface area contributed by atoms with Gasteiger partial charge in [0.1, 0.15) is 10.7 Å². The highest BCUT2D eigenvalue weighted by Gasteiger charge is 2.27. The second-order valence-corrected chi connectivity index (χ2v) is 7.28. The van der Waals surface area contributed by atoms with Crippen LogP contribution in [0.5, 0.6) is 0 Å². The van der Waals surface area contributed by atoms with Crippen LogP contribution in [0.1, 0.15) is 18.4 Å². The maximum Gasteiger partial charge on any atom is 0.245 e. The minimum absolute atomic E-state index is 0.235. The monoisotopic (exact) mass is 317 g/mol. The number of aliphatic hydroxyl groups is 1. The number of sulfonamides is 1. The van der Waals surface area contributed by atoms with Crippen molar-refractivity contribution in [3.8, 4) is 0 Å². The molecule has 1 aromatic carbocycles. The van der Waals surface area contributed by atoms with E-state index in [2.05, 4.69) is 0 Å². The lowest BCUT2D eigenvalue weighted by molar-refractivity contribution is 0.0620. The molecule has 1 fully saturated rings. The molecule has 118 valence electrons. The van der Waals surface area contributed by atoms with E-state index in [1.54, 1.807) is 0 Å². The maximum atomic E-state index is 13.9. The van der Waals surface area contributed by atoms with Crippen molar-refractivity contribution in [3.63, 3.8) is 0 Å². The number of nitrogens with zero attached hydrogens (tertiary/aromatic N) is 1. The zero-order chi connectivity index (χ0) is 15.5. The van der Waals surface area contributed by atoms with Crippen molar-refractivity contribution in [2.24, 2.45) is 5.92 Å². The third kappa shape index (κ3) is 3.79. The lowest BCUT2D eigenvalue weighted by atomic mass is 10.0. The molecular weight excluding hydrogens is 297 g/mol. The van der Waals surface area contributed by atoms with Crippen molar-refractivity contribution >= 4 is 10.0 Å². The van der Waals surface area contributed by atoms with Crippen molar-refractivity contribution in [2.45, 2.75) is 24.3 Å². The summed E-state index contributed by atoms with van der Waals surface area (Å²) in [6.07, 6.45) is 1.62.